The standard InChI is InChI=1S/C47H67N3O8/c1-50(2)34-29-43-39-56-47(58-43)32-19-11-5-3-9-17-25-44(51)53-35-23-15-7-13-21-30-46(55-38-42(57-46)28-27-41-37-48-40-49-41)31-22-14-8-16-24-36-54-45(52)26-18-10-4-6-12-20-33-47/h3-4,9-16,19-24,37,40,42-43H,5-8,17-18,25-36,38-39H2,1-2H3,(H,48,49)/b9-3+,10-4+,19-11+,20-12+,21-13+,22-14+,23-15+,24-16+. The molecule has 11 heteroatoms. The van der Waals surface area contributed by atoms with Gasteiger partial charge in [0.15, 0.2) is 11.6 Å². The van der Waals surface area contributed by atoms with Crippen LogP contribution in [0.4, 0.5) is 0 Å². The van der Waals surface area contributed by atoms with Crippen molar-refractivity contribution in [1.29, 1.82) is 0 Å². The van der Waals surface area contributed by atoms with E-state index in [1.165, 1.54) is 0 Å². The number of cyclic esters (lactones) is 2. The lowest BCUT2D eigenvalue weighted by molar-refractivity contribution is -0.163. The molecule has 1 aromatic heterocycles. The molecule has 2 atom stereocenters. The molecule has 0 radical (unpaired) electrons. The third-order valence-electron chi connectivity index (χ3n) is 9.87. The number of hydrogen-bond donors (Lipinski definition) is 1. The monoisotopic (exact) mass is 801 g/mol. The van der Waals surface area contributed by atoms with Crippen LogP contribution in [0.25, 0.3) is 0 Å². The molecule has 1 aromatic rings. The molecule has 4 rings (SSSR count). The summed E-state index contributed by atoms with van der Waals surface area (Å²) >= 11 is 0. The molecule has 2 spiro atoms. The van der Waals surface area contributed by atoms with Gasteiger partial charge in [-0.2, -0.15) is 0 Å². The Morgan fingerprint density at radius 2 is 1.07 bits per heavy atom. The first-order valence-electron chi connectivity index (χ1n) is 21.1. The first-order valence-corrected chi connectivity index (χ1v) is 21.1. The maximum Gasteiger partial charge on any atom is 0.306 e. The van der Waals surface area contributed by atoms with Crippen molar-refractivity contribution in [2.75, 3.05) is 47.1 Å². The summed E-state index contributed by atoms with van der Waals surface area (Å²) in [5.74, 6) is -1.82. The number of ether oxygens (including phenoxy) is 6. The number of carbonyl (C=O) groups excluding carboxylic acids is 2. The number of aromatic nitrogens is 2. The molecule has 0 aromatic carbocycles. The summed E-state index contributed by atoms with van der Waals surface area (Å²) in [4.78, 5) is 33.9. The second-order valence-electron chi connectivity index (χ2n) is 15.1. The van der Waals surface area contributed by atoms with E-state index in [9.17, 15) is 9.59 Å². The molecule has 0 bridgehead atoms. The molecule has 3 aliphatic rings. The zero-order valence-corrected chi connectivity index (χ0v) is 34.8. The van der Waals surface area contributed by atoms with E-state index in [4.69, 9.17) is 28.4 Å². The minimum atomic E-state index is -0.729. The topological polar surface area (TPSA) is 121 Å². The zero-order valence-electron chi connectivity index (χ0n) is 34.8. The summed E-state index contributed by atoms with van der Waals surface area (Å²) in [5.41, 5.74) is 1.08. The SMILES string of the molecule is CN(C)CCC1COC2(C/C=C/C/C=C/CCC(=O)OC/C=C/C/C=C/CC3(C/C=C/C/C=C/COC(=O)CC/C=C/C/C=C/C2)OCC(CCc2cnc[nH]2)O3)O1. The van der Waals surface area contributed by atoms with Gasteiger partial charge in [-0.1, -0.05) is 97.2 Å². The number of hydrogen-bond acceptors (Lipinski definition) is 10. The fourth-order valence-corrected chi connectivity index (χ4v) is 6.59. The number of nitrogens with one attached hydrogen (secondary N) is 1. The van der Waals surface area contributed by atoms with Crippen LogP contribution in [-0.2, 0) is 44.4 Å². The molecule has 3 aliphatic heterocycles. The number of imidazole rings is 1. The molecule has 11 nitrogen and oxygen atoms in total. The Kier molecular flexibility index (Phi) is 22.1. The lowest BCUT2D eigenvalue weighted by atomic mass is 10.1. The van der Waals surface area contributed by atoms with Crippen molar-refractivity contribution in [2.24, 2.45) is 0 Å². The predicted octanol–water partition coefficient (Wildman–Crippen LogP) is 8.75. The molecule has 0 aliphatic carbocycles. The maximum absolute atomic E-state index is 12.3. The van der Waals surface area contributed by atoms with Gasteiger partial charge in [-0.15, -0.1) is 0 Å². The van der Waals surface area contributed by atoms with Gasteiger partial charge < -0.3 is 38.3 Å². The van der Waals surface area contributed by atoms with Crippen molar-refractivity contribution < 1.29 is 38.0 Å². The van der Waals surface area contributed by atoms with E-state index in [-0.39, 0.29) is 37.4 Å². The minimum absolute atomic E-state index is 0.00384. The summed E-state index contributed by atoms with van der Waals surface area (Å²) in [6.45, 7) is 2.57. The largest absolute Gasteiger partial charge is 0.461 e. The molecule has 1 N–H and O–H groups in total. The van der Waals surface area contributed by atoms with Gasteiger partial charge in [-0.25, -0.2) is 4.98 Å². The summed E-state index contributed by atoms with van der Waals surface area (Å²) < 4.78 is 36.4. The van der Waals surface area contributed by atoms with E-state index in [1.807, 2.05) is 42.7 Å². The summed E-state index contributed by atoms with van der Waals surface area (Å²) in [6, 6.07) is 0. The fraction of sp³-hybridized carbons (Fsp3) is 0.553. The highest BCUT2D eigenvalue weighted by atomic mass is 16.7. The molecule has 0 saturated carbocycles. The Morgan fingerprint density at radius 3 is 1.52 bits per heavy atom. The third-order valence-corrected chi connectivity index (χ3v) is 9.87. The number of carbonyl (C=O) groups is 2. The predicted molar refractivity (Wildman–Crippen MR) is 228 cm³/mol. The zero-order chi connectivity index (χ0) is 41.0. The Balaban J connectivity index is 1.29. The van der Waals surface area contributed by atoms with Crippen LogP contribution < -0.4 is 0 Å². The number of rotatable bonds is 6. The van der Waals surface area contributed by atoms with E-state index in [0.29, 0.717) is 77.4 Å². The van der Waals surface area contributed by atoms with Crippen molar-refractivity contribution >= 4 is 11.9 Å². The second kappa shape index (κ2) is 27.5. The van der Waals surface area contributed by atoms with Crippen LogP contribution in [0.15, 0.2) is 110 Å². The highest BCUT2D eigenvalue weighted by Crippen LogP contribution is 2.34. The van der Waals surface area contributed by atoms with Gasteiger partial charge in [-0.05, 0) is 71.9 Å². The van der Waals surface area contributed by atoms with Crippen LogP contribution in [0, 0.1) is 0 Å². The van der Waals surface area contributed by atoms with Crippen LogP contribution in [0.3, 0.4) is 0 Å². The van der Waals surface area contributed by atoms with E-state index >= 15 is 0 Å². The van der Waals surface area contributed by atoms with Gasteiger partial charge in [0.05, 0.1) is 31.7 Å². The quantitative estimate of drug-likeness (QED) is 0.221. The van der Waals surface area contributed by atoms with E-state index in [0.717, 1.165) is 44.3 Å². The van der Waals surface area contributed by atoms with Gasteiger partial charge in [0, 0.05) is 57.0 Å². The smallest absolute Gasteiger partial charge is 0.306 e. The molecular weight excluding hydrogens is 735 g/mol. The summed E-state index contributed by atoms with van der Waals surface area (Å²) in [5, 5.41) is 0. The minimum Gasteiger partial charge on any atom is -0.461 e. The lowest BCUT2D eigenvalue weighted by Crippen LogP contribution is -2.30. The number of esters is 2. The van der Waals surface area contributed by atoms with Gasteiger partial charge in [0.2, 0.25) is 0 Å². The van der Waals surface area contributed by atoms with Crippen molar-refractivity contribution in [1.82, 2.24) is 14.9 Å². The van der Waals surface area contributed by atoms with Crippen molar-refractivity contribution in [3.63, 3.8) is 0 Å². The van der Waals surface area contributed by atoms with Crippen LogP contribution in [0.5, 0.6) is 0 Å². The van der Waals surface area contributed by atoms with E-state index < -0.39 is 11.6 Å². The molecule has 2 fully saturated rings. The van der Waals surface area contributed by atoms with Crippen LogP contribution in [-0.4, -0.2) is 97.7 Å². The number of allylic oxidation sites excluding steroid dienone is 10. The molecule has 58 heavy (non-hydrogen) atoms. The van der Waals surface area contributed by atoms with Crippen LogP contribution >= 0.6 is 0 Å². The first-order chi connectivity index (χ1) is 28.4. The highest BCUT2D eigenvalue weighted by Gasteiger charge is 2.40. The molecule has 318 valence electrons. The third kappa shape index (κ3) is 19.5. The summed E-state index contributed by atoms with van der Waals surface area (Å²) in [7, 11) is 4.13. The Hall–Kier alpha value is -4.13. The van der Waals surface area contributed by atoms with Crippen molar-refractivity contribution in [3.8, 4) is 0 Å². The summed E-state index contributed by atoms with van der Waals surface area (Å²) in [6.07, 6.45) is 46.4. The van der Waals surface area contributed by atoms with E-state index in [1.54, 1.807) is 6.33 Å². The second-order valence-corrected chi connectivity index (χ2v) is 15.1. The van der Waals surface area contributed by atoms with Gasteiger partial charge in [0.25, 0.3) is 0 Å². The van der Waals surface area contributed by atoms with Gasteiger partial charge in [0.1, 0.15) is 13.2 Å². The van der Waals surface area contributed by atoms with Gasteiger partial charge in [-0.3, -0.25) is 9.59 Å². The van der Waals surface area contributed by atoms with Crippen molar-refractivity contribution in [3.05, 3.63) is 115 Å². The number of aryl methyl sites for hydroxylation is 1. The van der Waals surface area contributed by atoms with Crippen LogP contribution in [0.1, 0.15) is 95.6 Å². The Labute approximate surface area is 346 Å². The average Bonchev–Trinajstić information content (AvgIpc) is 3.98. The Morgan fingerprint density at radius 1 is 0.621 bits per heavy atom. The highest BCUT2D eigenvalue weighted by molar-refractivity contribution is 5.70. The molecule has 0 amide bonds. The molecule has 2 saturated heterocycles. The van der Waals surface area contributed by atoms with Crippen LogP contribution in [0.2, 0.25) is 0 Å². The normalized spacial score (nSPS) is 31.6. The fourth-order valence-electron chi connectivity index (χ4n) is 6.59. The van der Waals surface area contributed by atoms with Gasteiger partial charge >= 0.3 is 11.9 Å². The lowest BCUT2D eigenvalue weighted by Gasteiger charge is -2.26. The number of nitrogens with zero attached hydrogens (tertiary/aromatic N) is 2. The molecule has 4 heterocycles. The maximum atomic E-state index is 12.3. The average molecular weight is 802 g/mol. The molecular formula is C47H67N3O8. The Bertz CT molecular complexity index is 1480. The van der Waals surface area contributed by atoms with Crippen molar-refractivity contribution in [2.45, 2.75) is 120 Å². The number of H-pyrrole nitrogens is 1. The van der Waals surface area contributed by atoms with E-state index in [2.05, 4.69) is 89.7 Å². The molecule has 2 unspecified atom stereocenters. The first kappa shape index (κ1) is 46.6. The number of aromatic amines is 1.